The van der Waals surface area contributed by atoms with E-state index in [1.807, 2.05) is 0 Å². The number of aryl methyl sites for hydroxylation is 1. The molecule has 25 heavy (non-hydrogen) atoms. The summed E-state index contributed by atoms with van der Waals surface area (Å²) in [4.78, 5) is 0. The Morgan fingerprint density at radius 1 is 0.640 bits per heavy atom. The summed E-state index contributed by atoms with van der Waals surface area (Å²) in [5, 5.41) is 2.72. The lowest BCUT2D eigenvalue weighted by Gasteiger charge is -2.04. The fourth-order valence-electron chi connectivity index (χ4n) is 3.44. The van der Waals surface area contributed by atoms with Crippen LogP contribution in [0.1, 0.15) is 83.1 Å². The third-order valence-electron chi connectivity index (χ3n) is 5.04. The molecule has 0 N–H and O–H groups in total. The molecule has 0 aliphatic rings. The van der Waals surface area contributed by atoms with Crippen LogP contribution in [-0.4, -0.2) is 0 Å². The maximum atomic E-state index is 2.41. The van der Waals surface area contributed by atoms with Gasteiger partial charge in [-0.1, -0.05) is 100 Å². The van der Waals surface area contributed by atoms with Gasteiger partial charge in [0, 0.05) is 0 Å². The molecule has 2 aromatic rings. The van der Waals surface area contributed by atoms with Gasteiger partial charge in [-0.3, -0.25) is 0 Å². The molecular weight excluding hydrogens is 300 g/mol. The molecule has 0 spiro atoms. The second kappa shape index (κ2) is 12.8. The van der Waals surface area contributed by atoms with Gasteiger partial charge < -0.3 is 0 Å². The van der Waals surface area contributed by atoms with Gasteiger partial charge in [0.2, 0.25) is 0 Å². The van der Waals surface area contributed by atoms with E-state index in [1.54, 1.807) is 0 Å². The predicted octanol–water partition coefficient (Wildman–Crippen LogP) is 8.25. The molecule has 0 saturated heterocycles. The molecule has 0 radical (unpaired) electrons. The van der Waals surface area contributed by atoms with Gasteiger partial charge in [-0.15, -0.1) is 0 Å². The van der Waals surface area contributed by atoms with Gasteiger partial charge in [0.1, 0.15) is 0 Å². The quantitative estimate of drug-likeness (QED) is 0.255. The maximum Gasteiger partial charge on any atom is -0.0181 e. The summed E-state index contributed by atoms with van der Waals surface area (Å²) in [6.45, 7) is 2.28. The smallest absolute Gasteiger partial charge is 0.0181 e. The van der Waals surface area contributed by atoms with Crippen LogP contribution in [0.25, 0.3) is 10.8 Å². The Bertz CT molecular complexity index is 608. The maximum absolute atomic E-state index is 2.41. The molecule has 0 aliphatic carbocycles. The normalized spacial score (nSPS) is 11.6. The highest BCUT2D eigenvalue weighted by Crippen LogP contribution is 2.17. The van der Waals surface area contributed by atoms with E-state index in [1.165, 1.54) is 93.4 Å². The van der Waals surface area contributed by atoms with Gasteiger partial charge in [-0.05, 0) is 54.9 Å². The third-order valence-corrected chi connectivity index (χ3v) is 5.04. The topological polar surface area (TPSA) is 0 Å². The van der Waals surface area contributed by atoms with Crippen molar-refractivity contribution in [1.82, 2.24) is 0 Å². The van der Waals surface area contributed by atoms with Crippen molar-refractivity contribution in [1.29, 1.82) is 0 Å². The molecule has 0 heteroatoms. The lowest BCUT2D eigenvalue weighted by molar-refractivity contribution is 0.610. The van der Waals surface area contributed by atoms with Gasteiger partial charge in [0.05, 0.1) is 0 Å². The third kappa shape index (κ3) is 8.38. The van der Waals surface area contributed by atoms with E-state index in [-0.39, 0.29) is 0 Å². The molecule has 0 amide bonds. The van der Waals surface area contributed by atoms with Crippen molar-refractivity contribution in [3.05, 3.63) is 60.2 Å². The van der Waals surface area contributed by atoms with Gasteiger partial charge in [-0.25, -0.2) is 0 Å². The van der Waals surface area contributed by atoms with Crippen LogP contribution in [-0.2, 0) is 6.42 Å². The highest BCUT2D eigenvalue weighted by molar-refractivity contribution is 5.82. The monoisotopic (exact) mass is 336 g/mol. The molecule has 0 fully saturated rings. The van der Waals surface area contributed by atoms with Crippen molar-refractivity contribution in [2.75, 3.05) is 0 Å². The summed E-state index contributed by atoms with van der Waals surface area (Å²) in [5.41, 5.74) is 1.48. The minimum absolute atomic E-state index is 1.21. The predicted molar refractivity (Wildman–Crippen MR) is 113 cm³/mol. The van der Waals surface area contributed by atoms with Crippen molar-refractivity contribution in [2.24, 2.45) is 0 Å². The molecule has 0 aliphatic heterocycles. The standard InChI is InChI=1S/C25H36/c1-2-3-4-5-6-7-8-9-10-11-12-13-14-17-23-20-21-24-18-15-16-19-25(24)22-23/h9-10,15-16,18-22H,2-8,11-14,17H2,1H3/b10-9+. The second-order valence-electron chi connectivity index (χ2n) is 7.31. The van der Waals surface area contributed by atoms with Crippen LogP contribution >= 0.6 is 0 Å². The first-order valence-corrected chi connectivity index (χ1v) is 10.5. The molecule has 0 aromatic heterocycles. The summed E-state index contributed by atoms with van der Waals surface area (Å²) < 4.78 is 0. The van der Waals surface area contributed by atoms with E-state index in [9.17, 15) is 0 Å². The minimum Gasteiger partial charge on any atom is -0.0885 e. The van der Waals surface area contributed by atoms with E-state index >= 15 is 0 Å². The van der Waals surface area contributed by atoms with E-state index in [0.717, 1.165) is 0 Å². The fourth-order valence-corrected chi connectivity index (χ4v) is 3.44. The first-order valence-electron chi connectivity index (χ1n) is 10.5. The van der Waals surface area contributed by atoms with Gasteiger partial charge in [0.15, 0.2) is 0 Å². The summed E-state index contributed by atoms with van der Waals surface area (Å²) >= 11 is 0. The fraction of sp³-hybridized carbons (Fsp3) is 0.520. The van der Waals surface area contributed by atoms with Gasteiger partial charge in [0.25, 0.3) is 0 Å². The van der Waals surface area contributed by atoms with Crippen molar-refractivity contribution in [3.63, 3.8) is 0 Å². The zero-order valence-corrected chi connectivity index (χ0v) is 16.2. The number of fused-ring (bicyclic) bond motifs is 1. The summed E-state index contributed by atoms with van der Waals surface area (Å²) in [6.07, 6.45) is 21.0. The Morgan fingerprint density at radius 3 is 2.04 bits per heavy atom. The molecule has 136 valence electrons. The van der Waals surface area contributed by atoms with Crippen molar-refractivity contribution in [3.8, 4) is 0 Å². The number of unbranched alkanes of at least 4 members (excludes halogenated alkanes) is 9. The summed E-state index contributed by atoms with van der Waals surface area (Å²) in [5.74, 6) is 0. The Kier molecular flexibility index (Phi) is 10.1. The van der Waals surface area contributed by atoms with Crippen LogP contribution in [0.4, 0.5) is 0 Å². The average molecular weight is 337 g/mol. The summed E-state index contributed by atoms with van der Waals surface area (Å²) in [7, 11) is 0. The van der Waals surface area contributed by atoms with E-state index < -0.39 is 0 Å². The number of rotatable bonds is 13. The Hall–Kier alpha value is -1.56. The second-order valence-corrected chi connectivity index (χ2v) is 7.31. The lowest BCUT2D eigenvalue weighted by atomic mass is 10.0. The van der Waals surface area contributed by atoms with Gasteiger partial charge >= 0.3 is 0 Å². The highest BCUT2D eigenvalue weighted by Gasteiger charge is 1.96. The molecule has 0 bridgehead atoms. The number of hydrogen-bond acceptors (Lipinski definition) is 0. The molecular formula is C25H36. The van der Waals surface area contributed by atoms with Crippen LogP contribution in [0.15, 0.2) is 54.6 Å². The Morgan fingerprint density at radius 2 is 1.28 bits per heavy atom. The van der Waals surface area contributed by atoms with Gasteiger partial charge in [-0.2, -0.15) is 0 Å². The van der Waals surface area contributed by atoms with Crippen LogP contribution in [0.2, 0.25) is 0 Å². The Labute approximate surface area is 155 Å². The number of allylic oxidation sites excluding steroid dienone is 2. The average Bonchev–Trinajstić information content (AvgIpc) is 2.65. The first kappa shape index (κ1) is 19.8. The molecule has 2 aromatic carbocycles. The molecule has 0 nitrogen and oxygen atoms in total. The molecule has 0 atom stereocenters. The lowest BCUT2D eigenvalue weighted by Crippen LogP contribution is -1.86. The van der Waals surface area contributed by atoms with Crippen LogP contribution in [0.3, 0.4) is 0 Å². The van der Waals surface area contributed by atoms with Crippen molar-refractivity contribution < 1.29 is 0 Å². The first-order chi connectivity index (χ1) is 12.4. The van der Waals surface area contributed by atoms with Crippen molar-refractivity contribution >= 4 is 10.8 Å². The molecule has 0 unspecified atom stereocenters. The molecule has 0 saturated carbocycles. The Balaban J connectivity index is 1.48. The zero-order chi connectivity index (χ0) is 17.6. The van der Waals surface area contributed by atoms with Crippen LogP contribution in [0.5, 0.6) is 0 Å². The largest absolute Gasteiger partial charge is 0.0885 e. The zero-order valence-electron chi connectivity index (χ0n) is 16.2. The van der Waals surface area contributed by atoms with E-state index in [2.05, 4.69) is 61.5 Å². The summed E-state index contributed by atoms with van der Waals surface area (Å²) in [6, 6.07) is 15.6. The minimum atomic E-state index is 1.21. The van der Waals surface area contributed by atoms with Crippen LogP contribution < -0.4 is 0 Å². The molecule has 2 rings (SSSR count). The SMILES string of the molecule is CCCCCCCC/C=C/CCCCCc1ccc2ccccc2c1. The number of benzene rings is 2. The van der Waals surface area contributed by atoms with E-state index in [4.69, 9.17) is 0 Å². The van der Waals surface area contributed by atoms with Crippen molar-refractivity contribution in [2.45, 2.75) is 84.0 Å². The van der Waals surface area contributed by atoms with Crippen LogP contribution in [0, 0.1) is 0 Å². The molecule has 0 heterocycles. The highest BCUT2D eigenvalue weighted by atomic mass is 14.0. The van der Waals surface area contributed by atoms with E-state index in [0.29, 0.717) is 0 Å². The number of hydrogen-bond donors (Lipinski definition) is 0.